The van der Waals surface area contributed by atoms with E-state index in [-0.39, 0.29) is 32.0 Å². The molecule has 0 bridgehead atoms. The van der Waals surface area contributed by atoms with Gasteiger partial charge < -0.3 is 74.4 Å². The molecular weight excluding hydrogens is 580 g/mol. The second-order valence-corrected chi connectivity index (χ2v) is 12.0. The van der Waals surface area contributed by atoms with Gasteiger partial charge in [0.1, 0.15) is 48.8 Å². The quantitative estimate of drug-likeness (QED) is 0.0995. The Morgan fingerprint density at radius 3 is 2.05 bits per heavy atom. The van der Waals surface area contributed by atoms with Crippen LogP contribution in [-0.2, 0) is 33.2 Å². The van der Waals surface area contributed by atoms with E-state index in [9.17, 15) is 50.8 Å². The van der Waals surface area contributed by atoms with E-state index in [1.54, 1.807) is 0 Å². The summed E-state index contributed by atoms with van der Waals surface area (Å²) in [5.74, 6) is -2.06. The van der Waals surface area contributed by atoms with E-state index >= 15 is 0 Å². The largest absolute Gasteiger partial charge is 0.462 e. The van der Waals surface area contributed by atoms with Crippen molar-refractivity contribution in [2.45, 2.75) is 100 Å². The number of fused-ring (bicyclic) bond motifs is 1. The minimum Gasteiger partial charge on any atom is -0.462 e. The summed E-state index contributed by atoms with van der Waals surface area (Å²) < 4.78 is 33.3. The Kier molecular flexibility index (Phi) is 11.8. The van der Waals surface area contributed by atoms with Crippen molar-refractivity contribution in [2.75, 3.05) is 26.4 Å². The Hall–Kier alpha value is -1.51. The minimum absolute atomic E-state index is 0.0522. The van der Waals surface area contributed by atoms with E-state index in [0.717, 1.165) is 0 Å². The first-order chi connectivity index (χ1) is 20.4. The number of rotatable bonds is 11. The van der Waals surface area contributed by atoms with Crippen molar-refractivity contribution >= 4 is 5.97 Å². The smallest absolute Gasteiger partial charge is 0.309 e. The Morgan fingerprint density at radius 2 is 1.44 bits per heavy atom. The molecule has 1 saturated carbocycles. The maximum Gasteiger partial charge on any atom is 0.309 e. The summed E-state index contributed by atoms with van der Waals surface area (Å²) in [6, 6.07) is 0. The summed E-state index contributed by atoms with van der Waals surface area (Å²) >= 11 is 0. The third-order valence-corrected chi connectivity index (χ3v) is 8.48. The van der Waals surface area contributed by atoms with Crippen molar-refractivity contribution in [3.05, 3.63) is 11.8 Å². The van der Waals surface area contributed by atoms with E-state index in [0.29, 0.717) is 5.57 Å². The molecule has 16 nitrogen and oxygen atoms in total. The Labute approximate surface area is 248 Å². The van der Waals surface area contributed by atoms with Crippen LogP contribution in [0.15, 0.2) is 11.8 Å². The third kappa shape index (κ3) is 7.49. The average Bonchev–Trinajstić information content (AvgIpc) is 3.31. The van der Waals surface area contributed by atoms with Crippen LogP contribution in [0.5, 0.6) is 0 Å². The van der Waals surface area contributed by atoms with Crippen LogP contribution >= 0.6 is 0 Å². The monoisotopic (exact) mass is 624 g/mol. The molecule has 3 heterocycles. The third-order valence-electron chi connectivity index (χ3n) is 8.48. The lowest BCUT2D eigenvalue weighted by molar-refractivity contribution is -0.330. The fraction of sp³-hybridized carbons (Fsp3) is 0.889. The molecule has 43 heavy (non-hydrogen) atoms. The molecule has 16 heteroatoms. The zero-order valence-corrected chi connectivity index (χ0v) is 23.9. The van der Waals surface area contributed by atoms with Crippen LogP contribution in [0.4, 0.5) is 0 Å². The van der Waals surface area contributed by atoms with Gasteiger partial charge in [-0.25, -0.2) is 0 Å². The summed E-state index contributed by atoms with van der Waals surface area (Å²) in [7, 11) is 0. The van der Waals surface area contributed by atoms with Gasteiger partial charge in [-0.15, -0.1) is 0 Å². The number of ether oxygens (including phenoxy) is 6. The summed E-state index contributed by atoms with van der Waals surface area (Å²) in [5, 5.41) is 91.4. The highest BCUT2D eigenvalue weighted by Crippen LogP contribution is 2.47. The average molecular weight is 625 g/mol. The fourth-order valence-electron chi connectivity index (χ4n) is 6.04. The van der Waals surface area contributed by atoms with Gasteiger partial charge in [0.15, 0.2) is 12.6 Å². The van der Waals surface area contributed by atoms with Gasteiger partial charge in [0, 0.05) is 24.9 Å². The number of aliphatic hydroxyl groups is 9. The van der Waals surface area contributed by atoms with Gasteiger partial charge in [0.05, 0.1) is 32.2 Å². The van der Waals surface area contributed by atoms with Crippen LogP contribution in [0.2, 0.25) is 0 Å². The van der Waals surface area contributed by atoms with Gasteiger partial charge >= 0.3 is 5.97 Å². The van der Waals surface area contributed by atoms with E-state index < -0.39 is 111 Å². The zero-order chi connectivity index (χ0) is 31.6. The van der Waals surface area contributed by atoms with Crippen molar-refractivity contribution in [1.29, 1.82) is 0 Å². The molecule has 3 fully saturated rings. The zero-order valence-electron chi connectivity index (χ0n) is 23.9. The molecule has 248 valence electrons. The molecule has 0 unspecified atom stereocenters. The second-order valence-electron chi connectivity index (χ2n) is 12.0. The molecule has 9 N–H and O–H groups in total. The molecule has 4 rings (SSSR count). The number of aliphatic hydroxyl groups excluding tert-OH is 9. The lowest BCUT2D eigenvalue weighted by Crippen LogP contribution is -2.61. The van der Waals surface area contributed by atoms with E-state index in [4.69, 9.17) is 28.4 Å². The summed E-state index contributed by atoms with van der Waals surface area (Å²) in [6.45, 7) is 1.94. The summed E-state index contributed by atoms with van der Waals surface area (Å²) in [4.78, 5) is 12.3. The van der Waals surface area contributed by atoms with E-state index in [2.05, 4.69) is 0 Å². The molecule has 0 aromatic rings. The van der Waals surface area contributed by atoms with Crippen molar-refractivity contribution in [3.8, 4) is 0 Å². The minimum atomic E-state index is -1.73. The maximum atomic E-state index is 12.3. The van der Waals surface area contributed by atoms with Gasteiger partial charge in [-0.2, -0.15) is 0 Å². The van der Waals surface area contributed by atoms with Crippen molar-refractivity contribution in [3.63, 3.8) is 0 Å². The lowest BCUT2D eigenvalue weighted by Gasteiger charge is -2.43. The number of esters is 1. The Morgan fingerprint density at radius 1 is 0.837 bits per heavy atom. The first-order valence-electron chi connectivity index (χ1n) is 14.4. The van der Waals surface area contributed by atoms with Crippen LogP contribution in [0.3, 0.4) is 0 Å². The van der Waals surface area contributed by atoms with Gasteiger partial charge in [-0.3, -0.25) is 4.79 Å². The van der Waals surface area contributed by atoms with Gasteiger partial charge in [-0.1, -0.05) is 13.8 Å². The second kappa shape index (κ2) is 14.7. The molecule has 3 aliphatic heterocycles. The molecule has 2 saturated heterocycles. The molecule has 15 atom stereocenters. The first kappa shape index (κ1) is 34.4. The van der Waals surface area contributed by atoms with E-state index in [1.807, 2.05) is 13.8 Å². The Bertz CT molecular complexity index is 946. The predicted octanol–water partition coefficient (Wildman–Crippen LogP) is -3.94. The molecule has 0 aromatic heterocycles. The topological polar surface area (TPSA) is 255 Å². The van der Waals surface area contributed by atoms with E-state index in [1.165, 1.54) is 6.26 Å². The van der Waals surface area contributed by atoms with Gasteiger partial charge in [0.25, 0.3) is 0 Å². The molecule has 0 aromatic carbocycles. The SMILES string of the molecule is CC(C)CC(=O)O[C@@H]1OC=C(CO[C@H]2O[C@@H](CO[C@H]3O[C@@H](CO)[C@H](O)[C@@H](O)[C@@H]3O)[C@H](O)[C@@H](O)[C@@H]2O)[C@H]2C[C@H](O)[C@@H](CO)[C@@H]12. The van der Waals surface area contributed by atoms with Crippen LogP contribution in [0.1, 0.15) is 26.7 Å². The summed E-state index contributed by atoms with van der Waals surface area (Å²) in [6.07, 6.45) is -15.8. The van der Waals surface area contributed by atoms with Gasteiger partial charge in [0.2, 0.25) is 6.29 Å². The highest BCUT2D eigenvalue weighted by Gasteiger charge is 2.52. The number of hydrogen-bond acceptors (Lipinski definition) is 16. The normalized spacial score (nSPS) is 44.9. The number of hydrogen-bond donors (Lipinski definition) is 9. The van der Waals surface area contributed by atoms with Crippen LogP contribution < -0.4 is 0 Å². The first-order valence-corrected chi connectivity index (χ1v) is 14.4. The van der Waals surface area contributed by atoms with Crippen molar-refractivity contribution < 1.29 is 79.2 Å². The molecular formula is C27H44O16. The van der Waals surface area contributed by atoms with Crippen LogP contribution in [0, 0.1) is 23.7 Å². The predicted molar refractivity (Wildman–Crippen MR) is 139 cm³/mol. The van der Waals surface area contributed by atoms with Crippen molar-refractivity contribution in [1.82, 2.24) is 0 Å². The fourth-order valence-corrected chi connectivity index (χ4v) is 6.04. The number of carbonyl (C=O) groups is 1. The summed E-state index contributed by atoms with van der Waals surface area (Å²) in [5.41, 5.74) is 0.515. The highest BCUT2D eigenvalue weighted by molar-refractivity contribution is 5.69. The standard InChI is InChI=1S/C27H44O16/c1-10(2)3-17(31)43-25-18-12(4-14(30)13(18)5-28)11(7-38-25)8-39-26-24(37)22(35)20(33)16(42-26)9-40-27-23(36)21(34)19(32)15(6-29)41-27/h7,10,12-16,18-30,32-37H,3-6,8-9H2,1-2H3/t12-,13-,14+,15+,16+,18+,19+,20+,21-,22-,23+,24+,25+,26+,27+/m1/s1. The van der Waals surface area contributed by atoms with Gasteiger partial charge in [-0.05, 0) is 23.8 Å². The van der Waals surface area contributed by atoms with Crippen LogP contribution in [-0.4, -0.2) is 152 Å². The Balaban J connectivity index is 1.39. The molecule has 4 aliphatic rings. The van der Waals surface area contributed by atoms with Crippen LogP contribution in [0.25, 0.3) is 0 Å². The molecule has 0 spiro atoms. The number of carbonyl (C=O) groups excluding carboxylic acids is 1. The highest BCUT2D eigenvalue weighted by atomic mass is 16.7. The lowest BCUT2D eigenvalue weighted by atomic mass is 9.83. The molecule has 1 aliphatic carbocycles. The molecule has 0 amide bonds. The van der Waals surface area contributed by atoms with Crippen molar-refractivity contribution in [2.24, 2.45) is 23.7 Å². The molecule has 0 radical (unpaired) electrons. The maximum absolute atomic E-state index is 12.3.